The minimum atomic E-state index is -3.23. The molecule has 2 rings (SSSR count). The third kappa shape index (κ3) is 5.48. The smallest absolute Gasteiger partial charge is 0.342 e. The first kappa shape index (κ1) is 19.3. The zero-order valence-corrected chi connectivity index (χ0v) is 15.7. The van der Waals surface area contributed by atoms with E-state index in [0.29, 0.717) is 22.6 Å². The van der Waals surface area contributed by atoms with Crippen LogP contribution < -0.4 is 4.72 Å². The summed E-state index contributed by atoms with van der Waals surface area (Å²) in [5.41, 5.74) is 0.989. The van der Waals surface area contributed by atoms with Crippen molar-refractivity contribution < 1.29 is 22.7 Å². The number of ketones is 1. The first-order valence-corrected chi connectivity index (χ1v) is 10.1. The van der Waals surface area contributed by atoms with Gasteiger partial charge in [-0.15, -0.1) is 11.3 Å². The molecule has 0 saturated heterocycles. The van der Waals surface area contributed by atoms with Crippen molar-refractivity contribution in [2.24, 2.45) is 7.05 Å². The summed E-state index contributed by atoms with van der Waals surface area (Å²) in [5, 5.41) is 3.96. The van der Waals surface area contributed by atoms with E-state index in [1.54, 1.807) is 30.8 Å². The standard InChI is InChI=1S/C15H19N3O5S2/c1-10-12(8-16-18(10)2)15(20)23-9-13(19)14-5-4-11(24-14)6-7-17-25(3,21)22/h4-5,8,17H,6-7,9H2,1-3H3. The Balaban J connectivity index is 1.87. The lowest BCUT2D eigenvalue weighted by Crippen LogP contribution is -2.24. The van der Waals surface area contributed by atoms with Crippen molar-refractivity contribution in [2.75, 3.05) is 19.4 Å². The number of carbonyl (C=O) groups excluding carboxylic acids is 2. The number of hydrogen-bond donors (Lipinski definition) is 1. The van der Waals surface area contributed by atoms with Gasteiger partial charge in [0, 0.05) is 24.2 Å². The topological polar surface area (TPSA) is 107 Å². The molecule has 0 radical (unpaired) electrons. The first-order valence-electron chi connectivity index (χ1n) is 7.39. The Labute approximate surface area is 149 Å². The number of esters is 1. The van der Waals surface area contributed by atoms with Crippen LogP contribution in [0.1, 0.15) is 30.6 Å². The molecule has 10 heteroatoms. The van der Waals surface area contributed by atoms with E-state index in [4.69, 9.17) is 4.74 Å². The molecule has 0 aliphatic rings. The van der Waals surface area contributed by atoms with Crippen LogP contribution in [0.5, 0.6) is 0 Å². The van der Waals surface area contributed by atoms with E-state index in [-0.39, 0.29) is 18.9 Å². The predicted octanol–water partition coefficient (Wildman–Crippen LogP) is 0.921. The maximum absolute atomic E-state index is 12.1. The fourth-order valence-corrected chi connectivity index (χ4v) is 3.41. The van der Waals surface area contributed by atoms with E-state index in [2.05, 4.69) is 9.82 Å². The van der Waals surface area contributed by atoms with E-state index in [1.807, 2.05) is 0 Å². The molecule has 0 amide bonds. The Morgan fingerprint density at radius 1 is 1.36 bits per heavy atom. The average molecular weight is 385 g/mol. The zero-order chi connectivity index (χ0) is 18.6. The highest BCUT2D eigenvalue weighted by atomic mass is 32.2. The minimum Gasteiger partial charge on any atom is -0.454 e. The Morgan fingerprint density at radius 2 is 2.08 bits per heavy atom. The molecule has 0 bridgehead atoms. The van der Waals surface area contributed by atoms with E-state index >= 15 is 0 Å². The quantitative estimate of drug-likeness (QED) is 0.535. The molecule has 2 heterocycles. The molecule has 0 unspecified atom stereocenters. The third-order valence-corrected chi connectivity index (χ3v) is 5.38. The molecule has 1 N–H and O–H groups in total. The number of nitrogens with zero attached hydrogens (tertiary/aromatic N) is 2. The van der Waals surface area contributed by atoms with Gasteiger partial charge in [0.25, 0.3) is 0 Å². The molecule has 0 aromatic carbocycles. The molecule has 0 spiro atoms. The summed E-state index contributed by atoms with van der Waals surface area (Å²) < 4.78 is 31.0. The lowest BCUT2D eigenvalue weighted by atomic mass is 10.2. The highest BCUT2D eigenvalue weighted by Gasteiger charge is 2.17. The number of rotatable bonds is 8. The summed E-state index contributed by atoms with van der Waals surface area (Å²) >= 11 is 1.25. The normalized spacial score (nSPS) is 11.5. The Morgan fingerprint density at radius 3 is 2.68 bits per heavy atom. The molecular weight excluding hydrogens is 366 g/mol. The molecule has 0 aliphatic carbocycles. The fourth-order valence-electron chi connectivity index (χ4n) is 2.00. The highest BCUT2D eigenvalue weighted by Crippen LogP contribution is 2.18. The van der Waals surface area contributed by atoms with Crippen LogP contribution in [0.2, 0.25) is 0 Å². The van der Waals surface area contributed by atoms with Gasteiger partial charge in [0.15, 0.2) is 6.61 Å². The summed E-state index contributed by atoms with van der Waals surface area (Å²) in [7, 11) is -1.52. The molecular formula is C15H19N3O5S2. The van der Waals surface area contributed by atoms with Crippen molar-refractivity contribution in [3.05, 3.63) is 39.3 Å². The predicted molar refractivity (Wildman–Crippen MR) is 93.4 cm³/mol. The molecule has 2 aromatic rings. The van der Waals surface area contributed by atoms with Crippen LogP contribution in [0.25, 0.3) is 0 Å². The van der Waals surface area contributed by atoms with E-state index in [0.717, 1.165) is 11.1 Å². The number of hydrogen-bond acceptors (Lipinski definition) is 7. The Kier molecular flexibility index (Phi) is 6.09. The summed E-state index contributed by atoms with van der Waals surface area (Å²) in [6.07, 6.45) is 2.98. The number of carbonyl (C=O) groups is 2. The van der Waals surface area contributed by atoms with Crippen LogP contribution in [0.4, 0.5) is 0 Å². The van der Waals surface area contributed by atoms with E-state index in [9.17, 15) is 18.0 Å². The van der Waals surface area contributed by atoms with Gasteiger partial charge in [-0.05, 0) is 25.5 Å². The van der Waals surface area contributed by atoms with Crippen molar-refractivity contribution >= 4 is 33.1 Å². The molecule has 8 nitrogen and oxygen atoms in total. The van der Waals surface area contributed by atoms with Crippen molar-refractivity contribution in [1.29, 1.82) is 0 Å². The van der Waals surface area contributed by atoms with Crippen LogP contribution in [-0.4, -0.2) is 49.4 Å². The molecule has 0 saturated carbocycles. The van der Waals surface area contributed by atoms with Crippen LogP contribution in [-0.2, 0) is 28.2 Å². The van der Waals surface area contributed by atoms with Crippen LogP contribution >= 0.6 is 11.3 Å². The van der Waals surface area contributed by atoms with Gasteiger partial charge in [-0.2, -0.15) is 5.10 Å². The second kappa shape index (κ2) is 7.89. The van der Waals surface area contributed by atoms with Crippen LogP contribution in [0.15, 0.2) is 18.3 Å². The lowest BCUT2D eigenvalue weighted by Gasteiger charge is -2.03. The number of thiophene rings is 1. The van der Waals surface area contributed by atoms with Gasteiger partial charge in [-0.25, -0.2) is 17.9 Å². The van der Waals surface area contributed by atoms with E-state index in [1.165, 1.54) is 17.5 Å². The second-order valence-electron chi connectivity index (χ2n) is 5.45. The molecule has 2 aromatic heterocycles. The summed E-state index contributed by atoms with van der Waals surface area (Å²) in [6.45, 7) is 1.65. The van der Waals surface area contributed by atoms with E-state index < -0.39 is 16.0 Å². The summed E-state index contributed by atoms with van der Waals surface area (Å²) in [6, 6.07) is 3.40. The van der Waals surface area contributed by atoms with Gasteiger partial charge in [-0.1, -0.05) is 0 Å². The maximum atomic E-state index is 12.1. The molecule has 136 valence electrons. The lowest BCUT2D eigenvalue weighted by molar-refractivity contribution is 0.0475. The van der Waals surface area contributed by atoms with Gasteiger partial charge < -0.3 is 4.74 Å². The Bertz CT molecular complexity index is 883. The highest BCUT2D eigenvalue weighted by molar-refractivity contribution is 7.88. The van der Waals surface area contributed by atoms with Crippen molar-refractivity contribution in [2.45, 2.75) is 13.3 Å². The van der Waals surface area contributed by atoms with Gasteiger partial charge in [0.05, 0.1) is 17.3 Å². The number of aromatic nitrogens is 2. The summed E-state index contributed by atoms with van der Waals surface area (Å²) in [5.74, 6) is -0.893. The Hall–Kier alpha value is -2.04. The average Bonchev–Trinajstić information content (AvgIpc) is 3.12. The monoisotopic (exact) mass is 385 g/mol. The molecule has 25 heavy (non-hydrogen) atoms. The van der Waals surface area contributed by atoms with Crippen molar-refractivity contribution in [3.63, 3.8) is 0 Å². The summed E-state index contributed by atoms with van der Waals surface area (Å²) in [4.78, 5) is 25.4. The van der Waals surface area contributed by atoms with Crippen LogP contribution in [0, 0.1) is 6.92 Å². The van der Waals surface area contributed by atoms with Gasteiger partial charge in [0.1, 0.15) is 5.56 Å². The van der Waals surface area contributed by atoms with Gasteiger partial charge >= 0.3 is 5.97 Å². The van der Waals surface area contributed by atoms with Gasteiger partial charge in [0.2, 0.25) is 15.8 Å². The van der Waals surface area contributed by atoms with Crippen LogP contribution in [0.3, 0.4) is 0 Å². The number of ether oxygens (including phenoxy) is 1. The number of aryl methyl sites for hydroxylation is 1. The largest absolute Gasteiger partial charge is 0.454 e. The SMILES string of the molecule is Cc1c(C(=O)OCC(=O)c2ccc(CCNS(C)(=O)=O)s2)cnn1C. The first-order chi connectivity index (χ1) is 11.7. The van der Waals surface area contributed by atoms with Crippen molar-refractivity contribution in [3.8, 4) is 0 Å². The minimum absolute atomic E-state index is 0.266. The molecule has 0 atom stereocenters. The fraction of sp³-hybridized carbons (Fsp3) is 0.400. The molecule has 0 fully saturated rings. The van der Waals surface area contributed by atoms with Gasteiger partial charge in [-0.3, -0.25) is 9.48 Å². The number of sulfonamides is 1. The maximum Gasteiger partial charge on any atom is 0.342 e. The number of Topliss-reactive ketones (excluding diaryl/α,β-unsaturated/α-hetero) is 1. The zero-order valence-electron chi connectivity index (χ0n) is 14.1. The molecule has 0 aliphatic heterocycles. The second-order valence-corrected chi connectivity index (χ2v) is 8.45. The third-order valence-electron chi connectivity index (χ3n) is 3.46. The van der Waals surface area contributed by atoms with Crippen molar-refractivity contribution in [1.82, 2.24) is 14.5 Å². The number of nitrogens with one attached hydrogen (secondary N) is 1.